The van der Waals surface area contributed by atoms with Gasteiger partial charge in [-0.05, 0) is 23.7 Å². The number of hydrogen-bond donors (Lipinski definition) is 0. The van der Waals surface area contributed by atoms with Gasteiger partial charge in [0, 0.05) is 0 Å². The highest BCUT2D eigenvalue weighted by Gasteiger charge is 2.20. The lowest BCUT2D eigenvalue weighted by Gasteiger charge is -2.00. The third-order valence-corrected chi connectivity index (χ3v) is 2.50. The van der Waals surface area contributed by atoms with Gasteiger partial charge in [-0.2, -0.15) is 0 Å². The molecule has 0 spiro atoms. The molecule has 0 saturated heterocycles. The molecule has 0 radical (unpaired) electrons. The Balaban J connectivity index is 2.69. The largest absolute Gasteiger partial charge is 0.342 e. The van der Waals surface area contributed by atoms with E-state index in [1.54, 1.807) is 0 Å². The summed E-state index contributed by atoms with van der Waals surface area (Å²) in [4.78, 5) is 0. The molecule has 0 amide bonds. The van der Waals surface area contributed by atoms with E-state index < -0.39 is 11.6 Å². The highest BCUT2D eigenvalue weighted by Crippen LogP contribution is 2.35. The Morgan fingerprint density at radius 2 is 1.73 bits per heavy atom. The number of aromatic nitrogens is 1. The molecule has 2 rings (SSSR count). The smallest absolute Gasteiger partial charge is 0.245 e. The molecule has 2 aromatic rings. The summed E-state index contributed by atoms with van der Waals surface area (Å²) in [6.45, 7) is 0. The minimum atomic E-state index is -0.776. The summed E-state index contributed by atoms with van der Waals surface area (Å²) in [5.74, 6) is -1.55. The number of benzene rings is 1. The van der Waals surface area contributed by atoms with E-state index in [0.717, 1.165) is 12.1 Å². The SMILES string of the molecule is Fc1cccc(F)c1-c1noc(Cl)c1Cl. The fraction of sp³-hybridized carbons (Fsp3) is 0. The highest BCUT2D eigenvalue weighted by atomic mass is 35.5. The zero-order chi connectivity index (χ0) is 11.0. The molecule has 0 N–H and O–H groups in total. The number of nitrogens with zero attached hydrogens (tertiary/aromatic N) is 1. The molecule has 0 aliphatic heterocycles. The summed E-state index contributed by atoms with van der Waals surface area (Å²) < 4.78 is 31.1. The number of halogens is 4. The number of rotatable bonds is 1. The molecule has 6 heteroatoms. The molecule has 15 heavy (non-hydrogen) atoms. The Kier molecular flexibility index (Phi) is 2.63. The Hall–Kier alpha value is -1.13. The molecule has 0 atom stereocenters. The molecule has 0 fully saturated rings. The first kappa shape index (κ1) is 10.4. The standard InChI is InChI=1S/C9H3Cl2F2NO/c10-7-8(14-15-9(7)11)6-4(12)2-1-3-5(6)13/h1-3H. The lowest BCUT2D eigenvalue weighted by molar-refractivity contribution is 0.423. The molecule has 2 nitrogen and oxygen atoms in total. The second-order valence-electron chi connectivity index (χ2n) is 2.72. The van der Waals surface area contributed by atoms with Gasteiger partial charge in [0.15, 0.2) is 0 Å². The molecule has 0 saturated carbocycles. The van der Waals surface area contributed by atoms with Crippen LogP contribution in [-0.4, -0.2) is 5.16 Å². The highest BCUT2D eigenvalue weighted by molar-refractivity contribution is 6.42. The van der Waals surface area contributed by atoms with Crippen LogP contribution in [0.5, 0.6) is 0 Å². The van der Waals surface area contributed by atoms with Crippen LogP contribution in [0.1, 0.15) is 0 Å². The predicted octanol–water partition coefficient (Wildman–Crippen LogP) is 3.93. The maximum atomic E-state index is 13.3. The first-order valence-corrected chi connectivity index (χ1v) is 4.62. The van der Waals surface area contributed by atoms with Crippen molar-refractivity contribution < 1.29 is 13.3 Å². The Bertz CT molecular complexity index is 493. The Morgan fingerprint density at radius 3 is 2.20 bits per heavy atom. The zero-order valence-electron chi connectivity index (χ0n) is 7.10. The van der Waals surface area contributed by atoms with Crippen molar-refractivity contribution in [1.82, 2.24) is 5.16 Å². The summed E-state index contributed by atoms with van der Waals surface area (Å²) in [6.07, 6.45) is 0. The molecular weight excluding hydrogens is 247 g/mol. The van der Waals surface area contributed by atoms with Gasteiger partial charge in [-0.15, -0.1) is 0 Å². The first-order chi connectivity index (χ1) is 7.11. The fourth-order valence-corrected chi connectivity index (χ4v) is 1.43. The van der Waals surface area contributed by atoms with Crippen molar-refractivity contribution in [3.63, 3.8) is 0 Å². The van der Waals surface area contributed by atoms with Gasteiger partial charge in [0.25, 0.3) is 0 Å². The lowest BCUT2D eigenvalue weighted by atomic mass is 10.1. The van der Waals surface area contributed by atoms with Gasteiger partial charge in [-0.25, -0.2) is 8.78 Å². The topological polar surface area (TPSA) is 26.0 Å². The zero-order valence-corrected chi connectivity index (χ0v) is 8.61. The molecule has 0 aliphatic carbocycles. The van der Waals surface area contributed by atoms with Crippen LogP contribution in [0, 0.1) is 11.6 Å². The first-order valence-electron chi connectivity index (χ1n) is 3.86. The van der Waals surface area contributed by atoms with Gasteiger partial charge in [-0.3, -0.25) is 0 Å². The third-order valence-electron chi connectivity index (χ3n) is 1.80. The van der Waals surface area contributed by atoms with Gasteiger partial charge < -0.3 is 4.52 Å². The molecular formula is C9H3Cl2F2NO. The number of hydrogen-bond acceptors (Lipinski definition) is 2. The van der Waals surface area contributed by atoms with Crippen molar-refractivity contribution in [1.29, 1.82) is 0 Å². The minimum absolute atomic E-state index is 0.110. The quantitative estimate of drug-likeness (QED) is 0.766. The van der Waals surface area contributed by atoms with Crippen molar-refractivity contribution in [2.75, 3.05) is 0 Å². The van der Waals surface area contributed by atoms with Crippen molar-refractivity contribution in [3.05, 3.63) is 40.1 Å². The molecule has 0 unspecified atom stereocenters. The summed E-state index contributed by atoms with van der Waals surface area (Å²) >= 11 is 11.1. The summed E-state index contributed by atoms with van der Waals surface area (Å²) in [5.41, 5.74) is -0.490. The van der Waals surface area contributed by atoms with E-state index in [0.29, 0.717) is 0 Å². The molecule has 0 bridgehead atoms. The van der Waals surface area contributed by atoms with E-state index in [-0.39, 0.29) is 21.5 Å². The molecule has 0 aliphatic rings. The Labute approximate surface area is 93.4 Å². The monoisotopic (exact) mass is 249 g/mol. The van der Waals surface area contributed by atoms with Crippen LogP contribution in [-0.2, 0) is 0 Å². The van der Waals surface area contributed by atoms with E-state index >= 15 is 0 Å². The minimum Gasteiger partial charge on any atom is -0.342 e. The van der Waals surface area contributed by atoms with Crippen LogP contribution in [0.3, 0.4) is 0 Å². The summed E-state index contributed by atoms with van der Waals surface area (Å²) in [5, 5.41) is 3.08. The van der Waals surface area contributed by atoms with E-state index in [9.17, 15) is 8.78 Å². The van der Waals surface area contributed by atoms with E-state index in [2.05, 4.69) is 9.68 Å². The van der Waals surface area contributed by atoms with Crippen LogP contribution < -0.4 is 0 Å². The van der Waals surface area contributed by atoms with E-state index in [1.807, 2.05) is 0 Å². The van der Waals surface area contributed by atoms with Gasteiger partial charge >= 0.3 is 0 Å². The average Bonchev–Trinajstić information content (AvgIpc) is 2.49. The van der Waals surface area contributed by atoms with Crippen molar-refractivity contribution >= 4 is 23.2 Å². The van der Waals surface area contributed by atoms with Crippen LogP contribution in [0.4, 0.5) is 8.78 Å². The van der Waals surface area contributed by atoms with Crippen molar-refractivity contribution in [2.45, 2.75) is 0 Å². The average molecular weight is 250 g/mol. The lowest BCUT2D eigenvalue weighted by Crippen LogP contribution is -1.89. The second-order valence-corrected chi connectivity index (χ2v) is 3.44. The van der Waals surface area contributed by atoms with Crippen LogP contribution >= 0.6 is 23.2 Å². The normalized spacial score (nSPS) is 10.7. The maximum absolute atomic E-state index is 13.3. The van der Waals surface area contributed by atoms with Gasteiger partial charge in [0.2, 0.25) is 5.22 Å². The molecule has 78 valence electrons. The van der Waals surface area contributed by atoms with Gasteiger partial charge in [-0.1, -0.05) is 22.8 Å². The van der Waals surface area contributed by atoms with Crippen molar-refractivity contribution in [2.24, 2.45) is 0 Å². The summed E-state index contributed by atoms with van der Waals surface area (Å²) in [7, 11) is 0. The molecule has 1 aromatic carbocycles. The molecule has 1 heterocycles. The summed E-state index contributed by atoms with van der Waals surface area (Å²) in [6, 6.07) is 3.43. The van der Waals surface area contributed by atoms with Crippen LogP contribution in [0.2, 0.25) is 10.2 Å². The molecule has 1 aromatic heterocycles. The predicted molar refractivity (Wildman–Crippen MR) is 51.9 cm³/mol. The fourth-order valence-electron chi connectivity index (χ4n) is 1.14. The van der Waals surface area contributed by atoms with Crippen LogP contribution in [0.25, 0.3) is 11.3 Å². The maximum Gasteiger partial charge on any atom is 0.245 e. The van der Waals surface area contributed by atoms with Crippen molar-refractivity contribution in [3.8, 4) is 11.3 Å². The Morgan fingerprint density at radius 1 is 1.13 bits per heavy atom. The third kappa shape index (κ3) is 1.70. The van der Waals surface area contributed by atoms with E-state index in [1.165, 1.54) is 6.07 Å². The van der Waals surface area contributed by atoms with Gasteiger partial charge in [0.05, 0.1) is 5.56 Å². The van der Waals surface area contributed by atoms with Crippen LogP contribution in [0.15, 0.2) is 22.7 Å². The van der Waals surface area contributed by atoms with Gasteiger partial charge in [0.1, 0.15) is 22.4 Å². The second kappa shape index (κ2) is 3.79. The van der Waals surface area contributed by atoms with E-state index in [4.69, 9.17) is 23.2 Å².